The van der Waals surface area contributed by atoms with Gasteiger partial charge in [0.15, 0.2) is 4.67 Å². The molecule has 13 heavy (non-hydrogen) atoms. The number of halogens is 1. The molecule has 0 saturated heterocycles. The Kier molecular flexibility index (Phi) is 2.28. The molecular formula is C10H11BrO2. The highest BCUT2D eigenvalue weighted by atomic mass is 79.9. The van der Waals surface area contributed by atoms with E-state index in [1.54, 1.807) is 0 Å². The summed E-state index contributed by atoms with van der Waals surface area (Å²) >= 11 is 3.26. The van der Waals surface area contributed by atoms with E-state index in [1.165, 1.54) is 0 Å². The Morgan fingerprint density at radius 1 is 1.62 bits per heavy atom. The Morgan fingerprint density at radius 2 is 2.38 bits per heavy atom. The zero-order valence-electron chi connectivity index (χ0n) is 7.42. The predicted octanol–water partition coefficient (Wildman–Crippen LogP) is 3.12. The van der Waals surface area contributed by atoms with E-state index >= 15 is 0 Å². The number of hydrogen-bond acceptors (Lipinski definition) is 2. The van der Waals surface area contributed by atoms with Crippen molar-refractivity contribution in [1.82, 2.24) is 0 Å². The first-order valence-corrected chi connectivity index (χ1v) is 5.29. The average Bonchev–Trinajstić information content (AvgIpc) is 2.48. The third-order valence-electron chi connectivity index (χ3n) is 2.72. The predicted molar refractivity (Wildman–Crippen MR) is 52.6 cm³/mol. The fourth-order valence-electron chi connectivity index (χ4n) is 1.91. The van der Waals surface area contributed by atoms with Crippen LogP contribution < -0.4 is 0 Å². The van der Waals surface area contributed by atoms with Crippen LogP contribution in [-0.4, -0.2) is 5.78 Å². The Bertz CT molecular complexity index is 329. The fraction of sp³-hybridized carbons (Fsp3) is 0.500. The van der Waals surface area contributed by atoms with Gasteiger partial charge in [-0.15, -0.1) is 0 Å². The van der Waals surface area contributed by atoms with E-state index in [9.17, 15) is 4.79 Å². The summed E-state index contributed by atoms with van der Waals surface area (Å²) in [5.41, 5.74) is 0. The maximum absolute atomic E-state index is 11.2. The van der Waals surface area contributed by atoms with Crippen LogP contribution in [0.25, 0.3) is 0 Å². The van der Waals surface area contributed by atoms with E-state index in [0.29, 0.717) is 18.1 Å². The van der Waals surface area contributed by atoms with Crippen molar-refractivity contribution in [1.29, 1.82) is 0 Å². The van der Waals surface area contributed by atoms with Gasteiger partial charge >= 0.3 is 0 Å². The van der Waals surface area contributed by atoms with Crippen LogP contribution in [-0.2, 0) is 4.79 Å². The quantitative estimate of drug-likeness (QED) is 0.798. The van der Waals surface area contributed by atoms with Gasteiger partial charge in [-0.1, -0.05) is 6.92 Å². The third-order valence-corrected chi connectivity index (χ3v) is 3.15. The van der Waals surface area contributed by atoms with Gasteiger partial charge in [0.1, 0.15) is 11.5 Å². The van der Waals surface area contributed by atoms with Crippen LogP contribution in [0.3, 0.4) is 0 Å². The number of carbonyl (C=O) groups is 1. The average molecular weight is 243 g/mol. The molecule has 2 atom stereocenters. The van der Waals surface area contributed by atoms with Crippen LogP contribution >= 0.6 is 15.9 Å². The molecular weight excluding hydrogens is 232 g/mol. The van der Waals surface area contributed by atoms with E-state index in [0.717, 1.165) is 16.9 Å². The Labute approximate surface area is 85.4 Å². The van der Waals surface area contributed by atoms with Crippen LogP contribution in [0.15, 0.2) is 21.2 Å². The van der Waals surface area contributed by atoms with E-state index in [1.807, 2.05) is 19.1 Å². The molecule has 1 heterocycles. The smallest absolute Gasteiger partial charge is 0.169 e. The van der Waals surface area contributed by atoms with Gasteiger partial charge in [0, 0.05) is 18.3 Å². The first-order valence-electron chi connectivity index (χ1n) is 4.50. The summed E-state index contributed by atoms with van der Waals surface area (Å²) in [5.74, 6) is 1.83. The van der Waals surface area contributed by atoms with E-state index < -0.39 is 0 Å². The van der Waals surface area contributed by atoms with Crippen molar-refractivity contribution in [3.05, 3.63) is 22.6 Å². The van der Waals surface area contributed by atoms with Crippen molar-refractivity contribution < 1.29 is 9.21 Å². The van der Waals surface area contributed by atoms with Crippen LogP contribution in [0.5, 0.6) is 0 Å². The lowest BCUT2D eigenvalue weighted by Crippen LogP contribution is -2.34. The SMILES string of the molecule is CCC1C(=O)CC1c1ccc(Br)o1. The lowest BCUT2D eigenvalue weighted by atomic mass is 9.70. The maximum atomic E-state index is 11.2. The number of furan rings is 1. The van der Waals surface area contributed by atoms with E-state index in [4.69, 9.17) is 4.42 Å². The first kappa shape index (κ1) is 9.00. The van der Waals surface area contributed by atoms with Gasteiger partial charge in [-0.3, -0.25) is 4.79 Å². The van der Waals surface area contributed by atoms with Gasteiger partial charge in [-0.05, 0) is 34.5 Å². The maximum Gasteiger partial charge on any atom is 0.169 e. The van der Waals surface area contributed by atoms with Gasteiger partial charge in [-0.25, -0.2) is 0 Å². The molecule has 0 N–H and O–H groups in total. The van der Waals surface area contributed by atoms with Crippen LogP contribution in [0.4, 0.5) is 0 Å². The molecule has 0 aromatic carbocycles. The summed E-state index contributed by atoms with van der Waals surface area (Å²) in [5, 5.41) is 0. The molecule has 0 aliphatic heterocycles. The highest BCUT2D eigenvalue weighted by molar-refractivity contribution is 9.10. The molecule has 0 bridgehead atoms. The van der Waals surface area contributed by atoms with Gasteiger partial charge in [-0.2, -0.15) is 0 Å². The molecule has 0 spiro atoms. The number of Topliss-reactive ketones (excluding diaryl/α,β-unsaturated/α-hetero) is 1. The van der Waals surface area contributed by atoms with Gasteiger partial charge < -0.3 is 4.42 Å². The second-order valence-corrected chi connectivity index (χ2v) is 4.22. The zero-order valence-corrected chi connectivity index (χ0v) is 9.00. The minimum absolute atomic E-state index is 0.193. The first-order chi connectivity index (χ1) is 6.22. The standard InChI is InChI=1S/C10H11BrO2/c1-2-6-7(5-8(6)12)9-3-4-10(11)13-9/h3-4,6-7H,2,5H2,1H3. The van der Waals surface area contributed by atoms with Crippen molar-refractivity contribution >= 4 is 21.7 Å². The molecule has 1 aromatic heterocycles. The monoisotopic (exact) mass is 242 g/mol. The fourth-order valence-corrected chi connectivity index (χ4v) is 2.23. The number of rotatable bonds is 2. The van der Waals surface area contributed by atoms with Crippen molar-refractivity contribution in [3.63, 3.8) is 0 Å². The molecule has 0 radical (unpaired) electrons. The largest absolute Gasteiger partial charge is 0.454 e. The topological polar surface area (TPSA) is 30.2 Å². The Balaban J connectivity index is 2.15. The molecule has 2 rings (SSSR count). The summed E-state index contributed by atoms with van der Waals surface area (Å²) in [6.07, 6.45) is 1.57. The molecule has 1 aromatic rings. The molecule has 1 saturated carbocycles. The van der Waals surface area contributed by atoms with Crippen LogP contribution in [0.2, 0.25) is 0 Å². The normalized spacial score (nSPS) is 27.4. The van der Waals surface area contributed by atoms with Crippen molar-refractivity contribution in [2.75, 3.05) is 0 Å². The van der Waals surface area contributed by atoms with Gasteiger partial charge in [0.25, 0.3) is 0 Å². The van der Waals surface area contributed by atoms with Gasteiger partial charge in [0.2, 0.25) is 0 Å². The number of hydrogen-bond donors (Lipinski definition) is 0. The second kappa shape index (κ2) is 3.29. The minimum Gasteiger partial charge on any atom is -0.454 e. The summed E-state index contributed by atoms with van der Waals surface area (Å²) < 4.78 is 6.18. The van der Waals surface area contributed by atoms with Crippen LogP contribution in [0, 0.1) is 5.92 Å². The lowest BCUT2D eigenvalue weighted by molar-refractivity contribution is -0.131. The molecule has 1 aliphatic rings. The second-order valence-electron chi connectivity index (χ2n) is 3.43. The summed E-state index contributed by atoms with van der Waals surface area (Å²) in [6.45, 7) is 2.05. The number of ketones is 1. The lowest BCUT2D eigenvalue weighted by Gasteiger charge is -2.32. The molecule has 2 unspecified atom stereocenters. The van der Waals surface area contributed by atoms with Crippen LogP contribution in [0.1, 0.15) is 31.4 Å². The molecule has 3 heteroatoms. The molecule has 70 valence electrons. The highest BCUT2D eigenvalue weighted by Gasteiger charge is 2.40. The Hall–Kier alpha value is -0.570. The third kappa shape index (κ3) is 1.46. The van der Waals surface area contributed by atoms with E-state index in [-0.39, 0.29) is 5.92 Å². The van der Waals surface area contributed by atoms with Crippen molar-refractivity contribution in [3.8, 4) is 0 Å². The zero-order chi connectivity index (χ0) is 9.42. The van der Waals surface area contributed by atoms with Crippen molar-refractivity contribution in [2.45, 2.75) is 25.7 Å². The molecule has 1 aliphatic carbocycles. The molecule has 2 nitrogen and oxygen atoms in total. The highest BCUT2D eigenvalue weighted by Crippen LogP contribution is 2.42. The summed E-state index contributed by atoms with van der Waals surface area (Å²) in [6, 6.07) is 3.83. The minimum atomic E-state index is 0.193. The van der Waals surface area contributed by atoms with E-state index in [2.05, 4.69) is 15.9 Å². The Morgan fingerprint density at radius 3 is 2.85 bits per heavy atom. The number of carbonyl (C=O) groups excluding carboxylic acids is 1. The summed E-state index contributed by atoms with van der Waals surface area (Å²) in [4.78, 5) is 11.2. The molecule has 1 fully saturated rings. The van der Waals surface area contributed by atoms with Gasteiger partial charge in [0.05, 0.1) is 0 Å². The van der Waals surface area contributed by atoms with Crippen molar-refractivity contribution in [2.24, 2.45) is 5.92 Å². The summed E-state index contributed by atoms with van der Waals surface area (Å²) in [7, 11) is 0. The molecule has 0 amide bonds.